The van der Waals surface area contributed by atoms with E-state index in [0.717, 1.165) is 0 Å². The van der Waals surface area contributed by atoms with E-state index in [-0.39, 0.29) is 21.8 Å². The summed E-state index contributed by atoms with van der Waals surface area (Å²) in [7, 11) is -3.63. The smallest absolute Gasteiger partial charge is 0.207 e. The summed E-state index contributed by atoms with van der Waals surface area (Å²) in [6.45, 7) is 11.4. The Hall–Kier alpha value is -0.940. The van der Waals surface area contributed by atoms with E-state index in [2.05, 4.69) is 4.72 Å². The molecule has 5 heteroatoms. The van der Waals surface area contributed by atoms with Crippen molar-refractivity contribution in [1.29, 1.82) is 0 Å². The van der Waals surface area contributed by atoms with Crippen LogP contribution in [-0.2, 0) is 10.0 Å². The normalized spacial score (nSPS) is 20.9. The molecule has 1 aliphatic rings. The van der Waals surface area contributed by atoms with Crippen molar-refractivity contribution in [2.75, 3.05) is 0 Å². The summed E-state index contributed by atoms with van der Waals surface area (Å²) < 4.78 is 41.2. The molecule has 20 heavy (non-hydrogen) atoms. The van der Waals surface area contributed by atoms with Gasteiger partial charge in [-0.2, -0.15) is 0 Å². The van der Waals surface area contributed by atoms with Gasteiger partial charge in [0.05, 0.1) is 4.90 Å². The van der Waals surface area contributed by atoms with Gasteiger partial charge in [-0.15, -0.1) is 0 Å². The van der Waals surface area contributed by atoms with Gasteiger partial charge in [-0.25, -0.2) is 17.5 Å². The number of hydrogen-bond donors (Lipinski definition) is 1. The second-order valence-corrected chi connectivity index (χ2v) is 8.52. The fourth-order valence-electron chi connectivity index (χ4n) is 3.03. The Morgan fingerprint density at radius 2 is 1.45 bits per heavy atom. The van der Waals surface area contributed by atoms with Crippen molar-refractivity contribution in [3.63, 3.8) is 0 Å². The van der Waals surface area contributed by atoms with Gasteiger partial charge in [0.1, 0.15) is 5.82 Å². The van der Waals surface area contributed by atoms with Crippen LogP contribution in [0.5, 0.6) is 0 Å². The zero-order valence-corrected chi connectivity index (χ0v) is 13.7. The average Bonchev–Trinajstić information content (AvgIpc) is 2.58. The average molecular weight is 299 g/mol. The van der Waals surface area contributed by atoms with Gasteiger partial charge < -0.3 is 0 Å². The van der Waals surface area contributed by atoms with E-state index >= 15 is 0 Å². The monoisotopic (exact) mass is 299 g/mol. The maximum absolute atomic E-state index is 13.3. The minimum atomic E-state index is -3.63. The molecule has 0 atom stereocenters. The topological polar surface area (TPSA) is 46.2 Å². The Morgan fingerprint density at radius 3 is 1.80 bits per heavy atom. The maximum atomic E-state index is 13.3. The number of hydrogen-bond acceptors (Lipinski definition) is 2. The van der Waals surface area contributed by atoms with Crippen LogP contribution in [0, 0.1) is 30.5 Å². The third kappa shape index (κ3) is 2.17. The molecule has 0 bridgehead atoms. The van der Waals surface area contributed by atoms with Crippen molar-refractivity contribution in [2.45, 2.75) is 52.5 Å². The first-order chi connectivity index (χ1) is 8.91. The van der Waals surface area contributed by atoms with E-state index in [1.807, 2.05) is 27.7 Å². The summed E-state index contributed by atoms with van der Waals surface area (Å²) >= 11 is 0. The molecule has 0 aromatic heterocycles. The number of benzene rings is 1. The number of halogens is 1. The van der Waals surface area contributed by atoms with Crippen LogP contribution in [0.3, 0.4) is 0 Å². The third-order valence-electron chi connectivity index (χ3n) is 4.99. The molecule has 0 aliphatic heterocycles. The minimum Gasteiger partial charge on any atom is -0.207 e. The predicted molar refractivity (Wildman–Crippen MR) is 77.5 cm³/mol. The molecule has 2 rings (SSSR count). The lowest BCUT2D eigenvalue weighted by Gasteiger charge is -2.13. The summed E-state index contributed by atoms with van der Waals surface area (Å²) in [5, 5.41) is 0. The van der Waals surface area contributed by atoms with E-state index in [9.17, 15) is 12.8 Å². The van der Waals surface area contributed by atoms with Gasteiger partial charge in [0.15, 0.2) is 0 Å². The Labute approximate surface area is 120 Å². The second-order valence-electron chi connectivity index (χ2n) is 6.87. The SMILES string of the molecule is Cc1cc(F)cc(C)c1S(=O)(=O)NC1C(C)(C)C1(C)C. The van der Waals surface area contributed by atoms with Crippen molar-refractivity contribution >= 4 is 10.0 Å². The highest BCUT2D eigenvalue weighted by atomic mass is 32.2. The van der Waals surface area contributed by atoms with Crippen LogP contribution in [0.4, 0.5) is 4.39 Å². The van der Waals surface area contributed by atoms with E-state index < -0.39 is 15.8 Å². The highest BCUT2D eigenvalue weighted by molar-refractivity contribution is 7.89. The molecule has 0 heterocycles. The number of sulfonamides is 1. The molecule has 0 spiro atoms. The molecule has 112 valence electrons. The van der Waals surface area contributed by atoms with Crippen molar-refractivity contribution in [2.24, 2.45) is 10.8 Å². The van der Waals surface area contributed by atoms with Gasteiger partial charge in [-0.05, 0) is 47.9 Å². The quantitative estimate of drug-likeness (QED) is 0.932. The Morgan fingerprint density at radius 1 is 1.05 bits per heavy atom. The minimum absolute atomic E-state index is 0.0814. The van der Waals surface area contributed by atoms with Gasteiger partial charge in [0.25, 0.3) is 0 Å². The summed E-state index contributed by atoms with van der Waals surface area (Å²) in [4.78, 5) is 0.192. The third-order valence-corrected chi connectivity index (χ3v) is 6.71. The molecule has 1 N–H and O–H groups in total. The summed E-state index contributed by atoms with van der Waals surface area (Å²) in [6.07, 6.45) is 0. The Bertz CT molecular complexity index is 625. The Kier molecular flexibility index (Phi) is 3.30. The second kappa shape index (κ2) is 4.28. The first kappa shape index (κ1) is 15.4. The lowest BCUT2D eigenvalue weighted by molar-refractivity contribution is 0.457. The largest absolute Gasteiger partial charge is 0.241 e. The van der Waals surface area contributed by atoms with E-state index in [1.54, 1.807) is 13.8 Å². The van der Waals surface area contributed by atoms with Gasteiger partial charge >= 0.3 is 0 Å². The van der Waals surface area contributed by atoms with Crippen LogP contribution >= 0.6 is 0 Å². The van der Waals surface area contributed by atoms with E-state index in [0.29, 0.717) is 11.1 Å². The highest BCUT2D eigenvalue weighted by Gasteiger charge is 2.66. The standard InChI is InChI=1S/C15H22FNO2S/c1-9-7-11(16)8-10(2)12(9)20(18,19)17-13-14(3,4)15(13,5)6/h7-8,13,17H,1-6H3. The summed E-state index contributed by atoms with van der Waals surface area (Å²) in [6, 6.07) is 2.40. The molecule has 1 fully saturated rings. The molecule has 1 aromatic carbocycles. The lowest BCUT2D eigenvalue weighted by Crippen LogP contribution is -2.31. The van der Waals surface area contributed by atoms with Crippen LogP contribution < -0.4 is 4.72 Å². The van der Waals surface area contributed by atoms with Gasteiger partial charge in [0, 0.05) is 6.04 Å². The molecular weight excluding hydrogens is 277 g/mol. The Balaban J connectivity index is 2.39. The molecule has 1 saturated carbocycles. The molecule has 1 aliphatic carbocycles. The highest BCUT2D eigenvalue weighted by Crippen LogP contribution is 2.63. The van der Waals surface area contributed by atoms with Gasteiger partial charge in [-0.3, -0.25) is 0 Å². The van der Waals surface area contributed by atoms with Gasteiger partial charge in [-0.1, -0.05) is 27.7 Å². The van der Waals surface area contributed by atoms with Crippen LogP contribution in [-0.4, -0.2) is 14.5 Å². The van der Waals surface area contributed by atoms with Crippen molar-refractivity contribution in [3.05, 3.63) is 29.1 Å². The number of rotatable bonds is 3. The van der Waals surface area contributed by atoms with Crippen molar-refractivity contribution < 1.29 is 12.8 Å². The molecule has 0 saturated heterocycles. The molecule has 0 unspecified atom stereocenters. The lowest BCUT2D eigenvalue weighted by atomic mass is 10.0. The van der Waals surface area contributed by atoms with Gasteiger partial charge in [0.2, 0.25) is 10.0 Å². The van der Waals surface area contributed by atoms with Crippen LogP contribution in [0.1, 0.15) is 38.8 Å². The van der Waals surface area contributed by atoms with E-state index in [1.165, 1.54) is 12.1 Å². The fourth-order valence-corrected chi connectivity index (χ4v) is 5.01. The maximum Gasteiger partial charge on any atom is 0.241 e. The summed E-state index contributed by atoms with van der Waals surface area (Å²) in [5.74, 6) is -0.411. The molecular formula is C15H22FNO2S. The van der Waals surface area contributed by atoms with E-state index in [4.69, 9.17) is 0 Å². The summed E-state index contributed by atoms with van der Waals surface area (Å²) in [5.41, 5.74) is 0.710. The number of nitrogens with one attached hydrogen (secondary N) is 1. The predicted octanol–water partition coefficient (Wildman–Crippen LogP) is 3.16. The first-order valence-corrected chi connectivity index (χ1v) is 8.18. The van der Waals surface area contributed by atoms with Crippen LogP contribution in [0.15, 0.2) is 17.0 Å². The van der Waals surface area contributed by atoms with Crippen molar-refractivity contribution in [3.8, 4) is 0 Å². The zero-order chi connectivity index (χ0) is 15.5. The van der Waals surface area contributed by atoms with Crippen molar-refractivity contribution in [1.82, 2.24) is 4.72 Å². The molecule has 0 amide bonds. The van der Waals surface area contributed by atoms with Crippen LogP contribution in [0.2, 0.25) is 0 Å². The number of aryl methyl sites for hydroxylation is 2. The molecule has 1 aromatic rings. The molecule has 0 radical (unpaired) electrons. The first-order valence-electron chi connectivity index (χ1n) is 6.70. The van der Waals surface area contributed by atoms with Crippen LogP contribution in [0.25, 0.3) is 0 Å². The zero-order valence-electron chi connectivity index (χ0n) is 12.8. The fraction of sp³-hybridized carbons (Fsp3) is 0.600. The molecule has 3 nitrogen and oxygen atoms in total.